The van der Waals surface area contributed by atoms with Crippen LogP contribution in [0.1, 0.15) is 60.5 Å². The van der Waals surface area contributed by atoms with Gasteiger partial charge in [-0.25, -0.2) is 8.91 Å². The smallest absolute Gasteiger partial charge is 0.387 e. The second kappa shape index (κ2) is 9.77. The van der Waals surface area contributed by atoms with Gasteiger partial charge in [0, 0.05) is 30.0 Å². The van der Waals surface area contributed by atoms with Gasteiger partial charge in [-0.1, -0.05) is 0 Å². The molecule has 3 heterocycles. The van der Waals surface area contributed by atoms with Crippen LogP contribution in [0.15, 0.2) is 42.7 Å². The Hall–Kier alpha value is -3.27. The molecule has 35 heavy (non-hydrogen) atoms. The van der Waals surface area contributed by atoms with Crippen LogP contribution in [-0.4, -0.2) is 45.9 Å². The van der Waals surface area contributed by atoms with E-state index in [1.54, 1.807) is 10.7 Å². The second-order valence-corrected chi connectivity index (χ2v) is 9.16. The van der Waals surface area contributed by atoms with Gasteiger partial charge in [0.1, 0.15) is 11.6 Å². The average Bonchev–Trinajstić information content (AvgIpc) is 3.48. The van der Waals surface area contributed by atoms with Crippen LogP contribution in [0.4, 0.5) is 18.9 Å². The number of aromatic nitrogens is 2. The van der Waals surface area contributed by atoms with E-state index in [4.69, 9.17) is 0 Å². The zero-order valence-electron chi connectivity index (χ0n) is 19.0. The summed E-state index contributed by atoms with van der Waals surface area (Å²) in [4.78, 5) is 15.0. The number of carbonyl (C=O) groups is 1. The number of amides is 1. The summed E-state index contributed by atoms with van der Waals surface area (Å²) >= 11 is 0. The van der Waals surface area contributed by atoms with E-state index in [9.17, 15) is 23.1 Å². The summed E-state index contributed by atoms with van der Waals surface area (Å²) in [6, 6.07) is 6.94. The quantitative estimate of drug-likeness (QED) is 0.536. The molecule has 10 heteroatoms. The fourth-order valence-corrected chi connectivity index (χ4v) is 5.19. The number of hydrogen-bond acceptors (Lipinski definition) is 5. The highest BCUT2D eigenvalue weighted by molar-refractivity contribution is 6.01. The molecule has 2 N–H and O–H groups in total. The molecule has 2 aromatic heterocycles. The minimum Gasteiger partial charge on any atom is -0.434 e. The number of alkyl halides is 2. The van der Waals surface area contributed by atoms with E-state index < -0.39 is 12.4 Å². The van der Waals surface area contributed by atoms with Crippen molar-refractivity contribution < 1.29 is 27.8 Å². The topological polar surface area (TPSA) is 79.1 Å². The van der Waals surface area contributed by atoms with Crippen LogP contribution in [-0.2, 0) is 0 Å². The lowest BCUT2D eigenvalue weighted by Crippen LogP contribution is -2.38. The minimum atomic E-state index is -3.01. The van der Waals surface area contributed by atoms with E-state index >= 15 is 0 Å². The molecule has 3 aromatic rings. The molecule has 1 aliphatic carbocycles. The fraction of sp³-hybridized carbons (Fsp3) is 0.440. The zero-order chi connectivity index (χ0) is 24.5. The average molecular weight is 489 g/mol. The molecule has 1 atom stereocenters. The Balaban J connectivity index is 1.42. The molecule has 0 spiro atoms. The van der Waals surface area contributed by atoms with Crippen LogP contribution >= 0.6 is 0 Å². The van der Waals surface area contributed by atoms with Crippen molar-refractivity contribution in [1.82, 2.24) is 14.9 Å². The van der Waals surface area contributed by atoms with Crippen molar-refractivity contribution in [3.63, 3.8) is 0 Å². The number of hydrogen-bond donors (Lipinski definition) is 2. The van der Waals surface area contributed by atoms with Gasteiger partial charge in [-0.15, -0.1) is 0 Å². The van der Waals surface area contributed by atoms with Crippen molar-refractivity contribution in [2.24, 2.45) is 0 Å². The maximum absolute atomic E-state index is 14.1. The lowest BCUT2D eigenvalue weighted by molar-refractivity contribution is -0.0506. The number of carbonyl (C=O) groups excluding carboxylic acids is 1. The Labute approximate surface area is 200 Å². The number of anilines is 1. The molecule has 7 nitrogen and oxygen atoms in total. The van der Waals surface area contributed by atoms with E-state index in [1.807, 2.05) is 17.0 Å². The van der Waals surface area contributed by atoms with Crippen molar-refractivity contribution >= 4 is 17.1 Å². The summed E-state index contributed by atoms with van der Waals surface area (Å²) in [5, 5.41) is 17.0. The highest BCUT2D eigenvalue weighted by atomic mass is 19.3. The molecule has 1 saturated heterocycles. The number of aliphatic hydroxyl groups is 1. The maximum atomic E-state index is 14.1. The van der Waals surface area contributed by atoms with Crippen molar-refractivity contribution in [2.75, 3.05) is 11.4 Å². The maximum Gasteiger partial charge on any atom is 0.387 e. The SMILES string of the molecule is O=C(NC1CCC(O)CC1)c1cnn2ccc(N3CCCC3c3cc(F)ccc3OC(F)F)cc12. The normalized spacial score (nSPS) is 22.7. The number of benzene rings is 1. The summed E-state index contributed by atoms with van der Waals surface area (Å²) in [5.41, 5.74) is 2.20. The van der Waals surface area contributed by atoms with E-state index in [2.05, 4.69) is 15.2 Å². The summed E-state index contributed by atoms with van der Waals surface area (Å²) in [7, 11) is 0. The number of nitrogens with one attached hydrogen (secondary N) is 1. The lowest BCUT2D eigenvalue weighted by Gasteiger charge is -2.28. The minimum absolute atomic E-state index is 0.00762. The lowest BCUT2D eigenvalue weighted by atomic mass is 9.93. The van der Waals surface area contributed by atoms with Crippen molar-refractivity contribution in [2.45, 2.75) is 63.3 Å². The third-order valence-electron chi connectivity index (χ3n) is 6.91. The number of nitrogens with zero attached hydrogens (tertiary/aromatic N) is 3. The summed E-state index contributed by atoms with van der Waals surface area (Å²) < 4.78 is 46.3. The molecule has 1 amide bonds. The van der Waals surface area contributed by atoms with Crippen LogP contribution in [0.5, 0.6) is 5.75 Å². The molecular formula is C25H27F3N4O3. The first-order chi connectivity index (χ1) is 16.9. The number of aliphatic hydroxyl groups excluding tert-OH is 1. The van der Waals surface area contributed by atoms with E-state index in [-0.39, 0.29) is 29.8 Å². The van der Waals surface area contributed by atoms with Crippen LogP contribution in [0.25, 0.3) is 5.52 Å². The molecule has 1 aromatic carbocycles. The molecule has 0 radical (unpaired) electrons. The first-order valence-electron chi connectivity index (χ1n) is 11.9. The third-order valence-corrected chi connectivity index (χ3v) is 6.91. The fourth-order valence-electron chi connectivity index (χ4n) is 5.19. The predicted molar refractivity (Wildman–Crippen MR) is 123 cm³/mol. The summed E-state index contributed by atoms with van der Waals surface area (Å²) in [5.74, 6) is -0.787. The number of pyridine rings is 1. The van der Waals surface area contributed by atoms with Gasteiger partial charge in [0.05, 0.1) is 29.4 Å². The van der Waals surface area contributed by atoms with Crippen LogP contribution < -0.4 is 15.0 Å². The molecule has 186 valence electrons. The van der Waals surface area contributed by atoms with Gasteiger partial charge in [0.2, 0.25) is 0 Å². The molecule has 0 bridgehead atoms. The zero-order valence-corrected chi connectivity index (χ0v) is 19.0. The largest absolute Gasteiger partial charge is 0.434 e. The Morgan fingerprint density at radius 2 is 1.94 bits per heavy atom. The highest BCUT2D eigenvalue weighted by Gasteiger charge is 2.30. The van der Waals surface area contributed by atoms with Gasteiger partial charge >= 0.3 is 6.61 Å². The van der Waals surface area contributed by atoms with Crippen molar-refractivity contribution in [3.05, 3.63) is 59.7 Å². The Kier molecular flexibility index (Phi) is 6.55. The molecule has 2 fully saturated rings. The molecule has 2 aliphatic rings. The first-order valence-corrected chi connectivity index (χ1v) is 11.9. The Bertz CT molecular complexity index is 1210. The standard InChI is InChI=1S/C25H27F3N4O3/c26-15-3-8-23(35-25(27)28)19(12-15)21-2-1-10-31(21)17-9-11-32-22(13-17)20(14-29-32)24(34)30-16-4-6-18(33)7-5-16/h3,8-9,11-14,16,18,21,25,33H,1-2,4-7,10H2,(H,30,34). The number of halogens is 3. The van der Waals surface area contributed by atoms with E-state index in [0.29, 0.717) is 42.5 Å². The second-order valence-electron chi connectivity index (χ2n) is 9.16. The van der Waals surface area contributed by atoms with Crippen LogP contribution in [0, 0.1) is 5.82 Å². The summed E-state index contributed by atoms with van der Waals surface area (Å²) in [6.45, 7) is -2.36. The van der Waals surface area contributed by atoms with Gasteiger partial charge < -0.3 is 20.1 Å². The van der Waals surface area contributed by atoms with Gasteiger partial charge in [0.25, 0.3) is 5.91 Å². The first kappa shape index (κ1) is 23.5. The van der Waals surface area contributed by atoms with E-state index in [1.165, 1.54) is 18.3 Å². The number of rotatable bonds is 6. The van der Waals surface area contributed by atoms with Crippen molar-refractivity contribution in [1.29, 1.82) is 0 Å². The predicted octanol–water partition coefficient (Wildman–Crippen LogP) is 4.45. The molecule has 1 saturated carbocycles. The van der Waals surface area contributed by atoms with E-state index in [0.717, 1.165) is 31.0 Å². The van der Waals surface area contributed by atoms with Gasteiger partial charge in [-0.05, 0) is 68.9 Å². The third kappa shape index (κ3) is 4.93. The number of ether oxygens (including phenoxy) is 1. The van der Waals surface area contributed by atoms with Crippen LogP contribution in [0.3, 0.4) is 0 Å². The number of fused-ring (bicyclic) bond motifs is 1. The summed E-state index contributed by atoms with van der Waals surface area (Å²) in [6.07, 6.45) is 7.18. The van der Waals surface area contributed by atoms with Crippen molar-refractivity contribution in [3.8, 4) is 5.75 Å². The van der Waals surface area contributed by atoms with Gasteiger partial charge in [0.15, 0.2) is 0 Å². The molecule has 5 rings (SSSR count). The Morgan fingerprint density at radius 1 is 1.14 bits per heavy atom. The molecule has 1 unspecified atom stereocenters. The molecule has 1 aliphatic heterocycles. The van der Waals surface area contributed by atoms with Gasteiger partial charge in [-0.2, -0.15) is 13.9 Å². The monoisotopic (exact) mass is 488 g/mol. The van der Waals surface area contributed by atoms with Gasteiger partial charge in [-0.3, -0.25) is 4.79 Å². The molecular weight excluding hydrogens is 461 g/mol. The Morgan fingerprint density at radius 3 is 2.71 bits per heavy atom. The highest BCUT2D eigenvalue weighted by Crippen LogP contribution is 2.41. The van der Waals surface area contributed by atoms with Crippen LogP contribution in [0.2, 0.25) is 0 Å².